The largest absolute Gasteiger partial charge is 0.351 e. The molecule has 1 fully saturated rings. The molecule has 7 heteroatoms. The zero-order valence-electron chi connectivity index (χ0n) is 16.9. The summed E-state index contributed by atoms with van der Waals surface area (Å²) in [5, 5.41) is 13.0. The number of aryl methyl sites for hydroxylation is 2. The maximum atomic E-state index is 12.5. The van der Waals surface area contributed by atoms with Crippen molar-refractivity contribution in [2.75, 3.05) is 12.8 Å². The molecule has 1 amide bonds. The summed E-state index contributed by atoms with van der Waals surface area (Å²) in [5.74, 6) is 1.89. The van der Waals surface area contributed by atoms with Crippen LogP contribution in [0.1, 0.15) is 77.4 Å². The summed E-state index contributed by atoms with van der Waals surface area (Å²) >= 11 is 3.36. The normalized spacial score (nSPS) is 19.7. The zero-order valence-corrected chi connectivity index (χ0v) is 18.5. The van der Waals surface area contributed by atoms with Crippen molar-refractivity contribution < 1.29 is 4.79 Å². The Labute approximate surface area is 175 Å². The molecule has 2 aliphatic carbocycles. The van der Waals surface area contributed by atoms with Crippen molar-refractivity contribution in [2.45, 2.75) is 75.9 Å². The van der Waals surface area contributed by atoms with Crippen molar-refractivity contribution in [1.82, 2.24) is 20.1 Å². The van der Waals surface area contributed by atoms with Gasteiger partial charge in [-0.1, -0.05) is 31.5 Å². The maximum Gasteiger partial charge on any atom is 0.261 e. The molecule has 2 aromatic heterocycles. The lowest BCUT2D eigenvalue weighted by Crippen LogP contribution is -2.24. The summed E-state index contributed by atoms with van der Waals surface area (Å²) in [5.41, 5.74) is 1.39. The van der Waals surface area contributed by atoms with E-state index in [0.717, 1.165) is 47.5 Å². The van der Waals surface area contributed by atoms with Crippen LogP contribution >= 0.6 is 23.1 Å². The van der Waals surface area contributed by atoms with Gasteiger partial charge in [-0.3, -0.25) is 4.79 Å². The quantitative estimate of drug-likeness (QED) is 0.525. The Hall–Kier alpha value is -1.34. The third kappa shape index (κ3) is 4.30. The Kier molecular flexibility index (Phi) is 6.41. The Balaban J connectivity index is 1.30. The number of carbonyl (C=O) groups excluding carboxylic acids is 1. The van der Waals surface area contributed by atoms with Gasteiger partial charge in [0.05, 0.1) is 4.88 Å². The standard InChI is InChI=1S/C21H30N4OS2/c1-14-9-10-17-15(12-14)13-18(28-17)20(26)22-11-5-8-19-23-24-21(27-2)25(19)16-6-3-4-7-16/h13-14,16H,3-12H2,1-2H3,(H,22,26). The minimum atomic E-state index is 0.0779. The van der Waals surface area contributed by atoms with Gasteiger partial charge in [0.15, 0.2) is 5.16 Å². The Morgan fingerprint density at radius 1 is 1.32 bits per heavy atom. The average molecular weight is 419 g/mol. The van der Waals surface area contributed by atoms with Crippen LogP contribution in [0.2, 0.25) is 0 Å². The molecule has 2 aliphatic rings. The average Bonchev–Trinajstić information content (AvgIpc) is 3.42. The molecule has 0 aromatic carbocycles. The second kappa shape index (κ2) is 8.99. The van der Waals surface area contributed by atoms with Crippen molar-refractivity contribution in [1.29, 1.82) is 0 Å². The number of aromatic nitrogens is 3. The predicted molar refractivity (Wildman–Crippen MR) is 115 cm³/mol. The third-order valence-electron chi connectivity index (χ3n) is 6.02. The topological polar surface area (TPSA) is 59.8 Å². The first-order valence-corrected chi connectivity index (χ1v) is 12.6. The highest BCUT2D eigenvalue weighted by atomic mass is 32.2. The van der Waals surface area contributed by atoms with Crippen molar-refractivity contribution in [2.24, 2.45) is 5.92 Å². The van der Waals surface area contributed by atoms with Crippen molar-refractivity contribution in [3.8, 4) is 0 Å². The molecule has 0 aliphatic heterocycles. The number of hydrogen-bond acceptors (Lipinski definition) is 5. The SMILES string of the molecule is CSc1nnc(CCCNC(=O)c2cc3c(s2)CCC(C)C3)n1C1CCCC1. The summed E-state index contributed by atoms with van der Waals surface area (Å²) in [4.78, 5) is 14.8. The predicted octanol–water partition coefficient (Wildman–Crippen LogP) is 4.66. The first kappa shape index (κ1) is 20.0. The highest BCUT2D eigenvalue weighted by Crippen LogP contribution is 2.34. The fourth-order valence-electron chi connectivity index (χ4n) is 4.50. The van der Waals surface area contributed by atoms with Crippen LogP contribution in [0.25, 0.3) is 0 Å². The molecule has 1 N–H and O–H groups in total. The van der Waals surface area contributed by atoms with Gasteiger partial charge < -0.3 is 9.88 Å². The van der Waals surface area contributed by atoms with E-state index in [1.54, 1.807) is 23.1 Å². The van der Waals surface area contributed by atoms with Crippen LogP contribution in [0.3, 0.4) is 0 Å². The fourth-order valence-corrected chi connectivity index (χ4v) is 6.20. The third-order valence-corrected chi connectivity index (χ3v) is 7.90. The number of nitrogens with one attached hydrogen (secondary N) is 1. The van der Waals surface area contributed by atoms with E-state index >= 15 is 0 Å². The molecule has 0 radical (unpaired) electrons. The first-order valence-electron chi connectivity index (χ1n) is 10.5. The number of thiophene rings is 1. The summed E-state index contributed by atoms with van der Waals surface area (Å²) in [7, 11) is 0. The van der Waals surface area contributed by atoms with Crippen LogP contribution in [0.5, 0.6) is 0 Å². The summed E-state index contributed by atoms with van der Waals surface area (Å²) in [6, 6.07) is 2.67. The van der Waals surface area contributed by atoms with E-state index in [1.165, 1.54) is 42.5 Å². The number of rotatable bonds is 7. The first-order chi connectivity index (χ1) is 13.7. The number of hydrogen-bond donors (Lipinski definition) is 1. The number of nitrogens with zero attached hydrogens (tertiary/aromatic N) is 3. The number of fused-ring (bicyclic) bond motifs is 1. The molecule has 0 bridgehead atoms. The van der Waals surface area contributed by atoms with Gasteiger partial charge in [-0.15, -0.1) is 21.5 Å². The lowest BCUT2D eigenvalue weighted by Gasteiger charge is -2.16. The van der Waals surface area contributed by atoms with E-state index in [1.807, 2.05) is 0 Å². The molecule has 0 spiro atoms. The van der Waals surface area contributed by atoms with E-state index in [2.05, 4.69) is 39.3 Å². The van der Waals surface area contributed by atoms with Gasteiger partial charge in [0.1, 0.15) is 5.82 Å². The molecule has 2 aromatic rings. The van der Waals surface area contributed by atoms with Gasteiger partial charge in [-0.25, -0.2) is 0 Å². The van der Waals surface area contributed by atoms with E-state index in [4.69, 9.17) is 0 Å². The molecule has 1 saturated carbocycles. The molecule has 1 unspecified atom stereocenters. The number of carbonyl (C=O) groups is 1. The number of amides is 1. The van der Waals surface area contributed by atoms with Crippen molar-refractivity contribution >= 4 is 29.0 Å². The van der Waals surface area contributed by atoms with Crippen LogP contribution in [0.15, 0.2) is 11.2 Å². The number of thioether (sulfide) groups is 1. The van der Waals surface area contributed by atoms with Crippen LogP contribution in [-0.4, -0.2) is 33.5 Å². The molecular weight excluding hydrogens is 388 g/mol. The molecule has 4 rings (SSSR count). The van der Waals surface area contributed by atoms with Gasteiger partial charge in [0.25, 0.3) is 5.91 Å². The Bertz CT molecular complexity index is 822. The summed E-state index contributed by atoms with van der Waals surface area (Å²) in [6.07, 6.45) is 12.4. The highest BCUT2D eigenvalue weighted by molar-refractivity contribution is 7.98. The Morgan fingerprint density at radius 3 is 2.93 bits per heavy atom. The lowest BCUT2D eigenvalue weighted by molar-refractivity contribution is 0.0957. The van der Waals surface area contributed by atoms with Crippen LogP contribution in [-0.2, 0) is 19.3 Å². The second-order valence-electron chi connectivity index (χ2n) is 8.18. The second-order valence-corrected chi connectivity index (χ2v) is 10.1. The monoisotopic (exact) mass is 418 g/mol. The van der Waals surface area contributed by atoms with E-state index in [-0.39, 0.29) is 5.91 Å². The minimum Gasteiger partial charge on any atom is -0.351 e. The molecule has 5 nitrogen and oxygen atoms in total. The van der Waals surface area contributed by atoms with Crippen LogP contribution < -0.4 is 5.32 Å². The van der Waals surface area contributed by atoms with Crippen molar-refractivity contribution in [3.05, 3.63) is 27.2 Å². The van der Waals surface area contributed by atoms with Crippen molar-refractivity contribution in [3.63, 3.8) is 0 Å². The molecule has 152 valence electrons. The Morgan fingerprint density at radius 2 is 2.14 bits per heavy atom. The molecular formula is C21H30N4OS2. The van der Waals surface area contributed by atoms with E-state index in [9.17, 15) is 4.79 Å². The van der Waals surface area contributed by atoms with Gasteiger partial charge in [-0.2, -0.15) is 0 Å². The maximum absolute atomic E-state index is 12.5. The van der Waals surface area contributed by atoms with Gasteiger partial charge in [0, 0.05) is 23.9 Å². The summed E-state index contributed by atoms with van der Waals surface area (Å²) < 4.78 is 2.36. The summed E-state index contributed by atoms with van der Waals surface area (Å²) in [6.45, 7) is 2.98. The molecule has 28 heavy (non-hydrogen) atoms. The van der Waals surface area contributed by atoms with Gasteiger partial charge in [0.2, 0.25) is 0 Å². The van der Waals surface area contributed by atoms with Crippen LogP contribution in [0, 0.1) is 5.92 Å². The minimum absolute atomic E-state index is 0.0779. The fraction of sp³-hybridized carbons (Fsp3) is 0.667. The molecule has 0 saturated heterocycles. The van der Waals surface area contributed by atoms with Crippen LogP contribution in [0.4, 0.5) is 0 Å². The molecule has 2 heterocycles. The van der Waals surface area contributed by atoms with Gasteiger partial charge in [-0.05, 0) is 62.3 Å². The van der Waals surface area contributed by atoms with E-state index < -0.39 is 0 Å². The lowest BCUT2D eigenvalue weighted by atomic mass is 9.90. The molecule has 1 atom stereocenters. The zero-order chi connectivity index (χ0) is 19.5. The van der Waals surface area contributed by atoms with E-state index in [0.29, 0.717) is 12.6 Å². The highest BCUT2D eigenvalue weighted by Gasteiger charge is 2.24. The van der Waals surface area contributed by atoms with Gasteiger partial charge >= 0.3 is 0 Å². The smallest absolute Gasteiger partial charge is 0.261 e.